The Kier molecular flexibility index (Phi) is 6.00. The van der Waals surface area contributed by atoms with Crippen molar-refractivity contribution >= 4 is 33.3 Å². The Bertz CT molecular complexity index is 1440. The lowest BCUT2D eigenvalue weighted by atomic mass is 10.1. The van der Waals surface area contributed by atoms with Crippen LogP contribution in [0.1, 0.15) is 0 Å². The van der Waals surface area contributed by atoms with Crippen molar-refractivity contribution in [1.82, 2.24) is 19.9 Å². The summed E-state index contributed by atoms with van der Waals surface area (Å²) in [5.74, 6) is 2.25. The molecule has 176 valence electrons. The molecule has 0 saturated carbocycles. The number of hydrogen-bond donors (Lipinski definition) is 2. The van der Waals surface area contributed by atoms with Gasteiger partial charge in [0, 0.05) is 53.4 Å². The number of H-pyrrole nitrogens is 1. The zero-order valence-electron chi connectivity index (χ0n) is 19.4. The van der Waals surface area contributed by atoms with Crippen LogP contribution in [0.5, 0.6) is 5.75 Å². The number of benzene rings is 3. The summed E-state index contributed by atoms with van der Waals surface area (Å²) in [7, 11) is 0. The molecule has 1 aliphatic rings. The van der Waals surface area contributed by atoms with Gasteiger partial charge in [0.15, 0.2) is 5.82 Å². The van der Waals surface area contributed by atoms with E-state index in [4.69, 9.17) is 19.4 Å². The molecule has 0 radical (unpaired) electrons. The van der Waals surface area contributed by atoms with Crippen LogP contribution in [0.15, 0.2) is 79.0 Å². The van der Waals surface area contributed by atoms with Crippen LogP contribution < -0.4 is 10.1 Å². The molecule has 0 spiro atoms. The van der Waals surface area contributed by atoms with E-state index in [1.165, 1.54) is 0 Å². The molecule has 2 aromatic heterocycles. The van der Waals surface area contributed by atoms with Crippen LogP contribution in [0.25, 0.3) is 33.2 Å². The van der Waals surface area contributed by atoms with E-state index in [0.29, 0.717) is 12.4 Å². The summed E-state index contributed by atoms with van der Waals surface area (Å²) in [6.07, 6.45) is 1.95. The minimum absolute atomic E-state index is 0.626. The number of ether oxygens (including phenoxy) is 2. The number of nitrogens with zero attached hydrogens (tertiary/aromatic N) is 3. The van der Waals surface area contributed by atoms with Gasteiger partial charge in [0.2, 0.25) is 0 Å². The van der Waals surface area contributed by atoms with Gasteiger partial charge >= 0.3 is 0 Å². The van der Waals surface area contributed by atoms with Crippen LogP contribution in [0.3, 0.4) is 0 Å². The van der Waals surface area contributed by atoms with E-state index in [-0.39, 0.29) is 0 Å². The first kappa shape index (κ1) is 21.6. The van der Waals surface area contributed by atoms with Crippen molar-refractivity contribution < 1.29 is 9.47 Å². The molecule has 35 heavy (non-hydrogen) atoms. The largest absolute Gasteiger partial charge is 0.492 e. The second-order valence-corrected chi connectivity index (χ2v) is 8.65. The first-order valence-corrected chi connectivity index (χ1v) is 12.0. The molecule has 0 unspecified atom stereocenters. The Morgan fingerprint density at radius 1 is 0.943 bits per heavy atom. The van der Waals surface area contributed by atoms with Crippen molar-refractivity contribution in [2.24, 2.45) is 0 Å². The van der Waals surface area contributed by atoms with Crippen molar-refractivity contribution in [3.8, 4) is 17.1 Å². The first-order chi connectivity index (χ1) is 17.3. The number of hydrogen-bond acceptors (Lipinski definition) is 6. The van der Waals surface area contributed by atoms with Crippen LogP contribution in [0.2, 0.25) is 0 Å². The topological polar surface area (TPSA) is 75.3 Å². The van der Waals surface area contributed by atoms with E-state index in [1.54, 1.807) is 0 Å². The fourth-order valence-electron chi connectivity index (χ4n) is 4.39. The molecule has 0 atom stereocenters. The highest BCUT2D eigenvalue weighted by Gasteiger charge is 2.13. The van der Waals surface area contributed by atoms with Crippen LogP contribution in [-0.4, -0.2) is 59.3 Å². The van der Waals surface area contributed by atoms with Crippen molar-refractivity contribution in [3.63, 3.8) is 0 Å². The molecule has 6 rings (SSSR count). The SMILES string of the molecule is c1ccc(-c2nc(Nc3ccc4[nH]ccc4c3)c3cc(OCCN4CCOCC4)ccc3n2)cc1. The molecular formula is C28H27N5O2. The molecule has 1 aliphatic heterocycles. The lowest BCUT2D eigenvalue weighted by Gasteiger charge is -2.26. The maximum Gasteiger partial charge on any atom is 0.162 e. The first-order valence-electron chi connectivity index (χ1n) is 12.0. The van der Waals surface area contributed by atoms with Crippen molar-refractivity contribution in [2.45, 2.75) is 0 Å². The normalized spacial score (nSPS) is 14.4. The minimum atomic E-state index is 0.626. The Morgan fingerprint density at radius 3 is 2.71 bits per heavy atom. The molecule has 1 fully saturated rings. The highest BCUT2D eigenvalue weighted by Crippen LogP contribution is 2.31. The van der Waals surface area contributed by atoms with Gasteiger partial charge < -0.3 is 19.8 Å². The Hall–Kier alpha value is -3.94. The zero-order valence-corrected chi connectivity index (χ0v) is 19.4. The van der Waals surface area contributed by atoms with E-state index < -0.39 is 0 Å². The Balaban J connectivity index is 1.32. The number of aromatic amines is 1. The minimum Gasteiger partial charge on any atom is -0.492 e. The van der Waals surface area contributed by atoms with Gasteiger partial charge in [-0.15, -0.1) is 0 Å². The second-order valence-electron chi connectivity index (χ2n) is 8.65. The predicted molar refractivity (Wildman–Crippen MR) is 139 cm³/mol. The van der Waals surface area contributed by atoms with Crippen LogP contribution in [-0.2, 0) is 4.74 Å². The summed E-state index contributed by atoms with van der Waals surface area (Å²) in [5, 5.41) is 5.59. The van der Waals surface area contributed by atoms with Gasteiger partial charge in [-0.2, -0.15) is 0 Å². The van der Waals surface area contributed by atoms with Gasteiger partial charge in [0.1, 0.15) is 18.2 Å². The van der Waals surface area contributed by atoms with E-state index in [2.05, 4.69) is 39.5 Å². The molecule has 3 heterocycles. The summed E-state index contributed by atoms with van der Waals surface area (Å²) in [6, 6.07) is 24.4. The molecule has 5 aromatic rings. The summed E-state index contributed by atoms with van der Waals surface area (Å²) in [4.78, 5) is 15.4. The molecule has 0 amide bonds. The van der Waals surface area contributed by atoms with Crippen LogP contribution in [0.4, 0.5) is 11.5 Å². The second kappa shape index (κ2) is 9.74. The third-order valence-electron chi connectivity index (χ3n) is 6.30. The number of aromatic nitrogens is 3. The maximum absolute atomic E-state index is 6.11. The quantitative estimate of drug-likeness (QED) is 0.343. The predicted octanol–water partition coefficient (Wildman–Crippen LogP) is 5.23. The smallest absolute Gasteiger partial charge is 0.162 e. The molecule has 3 aromatic carbocycles. The number of anilines is 2. The molecule has 7 nitrogen and oxygen atoms in total. The summed E-state index contributed by atoms with van der Waals surface area (Å²) < 4.78 is 11.5. The Morgan fingerprint density at radius 2 is 1.83 bits per heavy atom. The lowest BCUT2D eigenvalue weighted by molar-refractivity contribution is 0.0322. The molecule has 0 bridgehead atoms. The standard InChI is InChI=1S/C28H27N5O2/c1-2-4-20(5-3-1)27-31-26-9-7-23(35-17-14-33-12-15-34-16-13-33)19-24(26)28(32-27)30-22-6-8-25-21(18-22)10-11-29-25/h1-11,18-19,29H,12-17H2,(H,30,31,32). The van der Waals surface area contributed by atoms with E-state index in [1.807, 2.05) is 54.7 Å². The van der Waals surface area contributed by atoms with Gasteiger partial charge in [0.25, 0.3) is 0 Å². The summed E-state index contributed by atoms with van der Waals surface area (Å²) >= 11 is 0. The third kappa shape index (κ3) is 4.82. The third-order valence-corrected chi connectivity index (χ3v) is 6.30. The van der Waals surface area contributed by atoms with Crippen molar-refractivity contribution in [1.29, 1.82) is 0 Å². The summed E-state index contributed by atoms with van der Waals surface area (Å²) in [6.45, 7) is 5.00. The number of rotatable bonds is 7. The van der Waals surface area contributed by atoms with Gasteiger partial charge in [-0.05, 0) is 42.5 Å². The van der Waals surface area contributed by atoms with E-state index in [0.717, 1.165) is 77.5 Å². The van der Waals surface area contributed by atoms with Gasteiger partial charge in [0.05, 0.1) is 18.7 Å². The van der Waals surface area contributed by atoms with Gasteiger partial charge in [-0.3, -0.25) is 4.90 Å². The zero-order chi connectivity index (χ0) is 23.5. The van der Waals surface area contributed by atoms with Gasteiger partial charge in [-0.1, -0.05) is 30.3 Å². The number of nitrogens with one attached hydrogen (secondary N) is 2. The molecule has 2 N–H and O–H groups in total. The fourth-order valence-corrected chi connectivity index (χ4v) is 4.39. The average molecular weight is 466 g/mol. The lowest BCUT2D eigenvalue weighted by Crippen LogP contribution is -2.38. The van der Waals surface area contributed by atoms with Crippen molar-refractivity contribution in [2.75, 3.05) is 44.8 Å². The Labute approximate surface area is 203 Å². The average Bonchev–Trinajstić information content (AvgIpc) is 3.38. The highest BCUT2D eigenvalue weighted by molar-refractivity contribution is 5.94. The molecule has 0 aliphatic carbocycles. The van der Waals surface area contributed by atoms with Crippen molar-refractivity contribution in [3.05, 3.63) is 79.0 Å². The van der Waals surface area contributed by atoms with Gasteiger partial charge in [-0.25, -0.2) is 9.97 Å². The van der Waals surface area contributed by atoms with Crippen LogP contribution >= 0.6 is 0 Å². The summed E-state index contributed by atoms with van der Waals surface area (Å²) in [5.41, 5.74) is 3.91. The van der Waals surface area contributed by atoms with E-state index >= 15 is 0 Å². The molecular weight excluding hydrogens is 438 g/mol. The highest BCUT2D eigenvalue weighted by atomic mass is 16.5. The number of fused-ring (bicyclic) bond motifs is 2. The van der Waals surface area contributed by atoms with E-state index in [9.17, 15) is 0 Å². The fraction of sp³-hybridized carbons (Fsp3) is 0.214. The maximum atomic E-state index is 6.11. The molecule has 7 heteroatoms. The molecule has 1 saturated heterocycles. The monoisotopic (exact) mass is 465 g/mol. The van der Waals surface area contributed by atoms with Crippen LogP contribution in [0, 0.1) is 0 Å². The number of morpholine rings is 1.